The van der Waals surface area contributed by atoms with Gasteiger partial charge < -0.3 is 55.3 Å². The maximum atomic E-state index is 16.0. The first kappa shape index (κ1) is 63.4. The lowest BCUT2D eigenvalue weighted by Crippen LogP contribution is -2.48. The average Bonchev–Trinajstić information content (AvgIpc) is 0.821. The summed E-state index contributed by atoms with van der Waals surface area (Å²) < 4.78 is 13.1. The highest BCUT2D eigenvalue weighted by atomic mass is 33.1. The second-order valence-electron chi connectivity index (χ2n) is 28.5. The number of ether oxygens (including phenoxy) is 1. The highest BCUT2D eigenvalue weighted by molar-refractivity contribution is 8.77. The van der Waals surface area contributed by atoms with Crippen LogP contribution in [0.2, 0.25) is 0 Å². The fourth-order valence-corrected chi connectivity index (χ4v) is 24.2. The van der Waals surface area contributed by atoms with Gasteiger partial charge in [0.2, 0.25) is 11.2 Å². The number of phenols is 3. The highest BCUT2D eigenvalue weighted by Crippen LogP contribution is 2.65. The molecule has 17 heteroatoms. The fourth-order valence-electron chi connectivity index (χ4n) is 17.8. The molecule has 12 atom stereocenters. The van der Waals surface area contributed by atoms with Crippen LogP contribution in [0.3, 0.4) is 0 Å². The van der Waals surface area contributed by atoms with Gasteiger partial charge in [-0.1, -0.05) is 142 Å². The number of rotatable bonds is 7. The molecule has 11 aliphatic heterocycles. The molecule has 2 saturated heterocycles. The molecule has 22 rings (SSSR count). The number of hydrogen-bond acceptors (Lipinski definition) is 17. The highest BCUT2D eigenvalue weighted by Gasteiger charge is 2.54. The van der Waals surface area contributed by atoms with Crippen molar-refractivity contribution in [3.63, 3.8) is 0 Å². The van der Waals surface area contributed by atoms with Crippen molar-refractivity contribution < 1.29 is 54.8 Å². The first-order valence-electron chi connectivity index (χ1n) is 33.9. The van der Waals surface area contributed by atoms with Crippen LogP contribution in [0.4, 0.5) is 0 Å². The van der Waals surface area contributed by atoms with Crippen molar-refractivity contribution in [3.8, 4) is 51.2 Å². The van der Waals surface area contributed by atoms with Gasteiger partial charge in [-0.2, -0.15) is 0 Å². The molecule has 492 valence electrons. The summed E-state index contributed by atoms with van der Waals surface area (Å²) >= 11 is 0. The molecule has 7 aromatic carbocycles. The monoisotopic (exact) mass is 1350 g/mol. The van der Waals surface area contributed by atoms with Gasteiger partial charge in [0.05, 0.1) is 34.4 Å². The molecule has 8 aromatic rings. The first-order valence-corrected chi connectivity index (χ1v) is 38.6. The summed E-state index contributed by atoms with van der Waals surface area (Å²) in [7, 11) is 6.62. The number of Topliss-reactive ketones (excluding diaryl/α,β-unsaturated/α-hetero) is 1. The standard InChI is InChI=1S/C78H79NO12S4/c1-38(2)23-48-30-54-57-37-93-94-64-28-41(36-79-70(64)46-10-4-8-40(26-46)27-53(57)71(48)85)24-39-7-3-9-42(25-39)50-16-17-51(72(50)86)44-13-14-47(60(83)31-44)35-78-58-18-15-45-29-43(11-5-20-80)49(19-21-81)52-32-55-66(68(58)65(45)52)56(77(78)89)33-62(59(82)12-6-22-92-95-78)90-76-67(55)61(84)34-63-69(76)73(87)74(88)75(54)91-63/h3-4,7-10,13-18,25-26,30-32,34,38,41,43,49-51,56,59,62,64,70,77,79-85,88-89H,5-6,11-12,19-24,27-29,33,35-37H2,1-2H3. The van der Waals surface area contributed by atoms with E-state index in [0.717, 1.165) is 69.1 Å². The number of fused-ring (bicyclic) bond motifs is 4. The topological polar surface area (TPSA) is 230 Å². The average molecular weight is 1350 g/mol. The van der Waals surface area contributed by atoms with Gasteiger partial charge in [0.25, 0.3) is 0 Å². The molecule has 1 spiro atoms. The molecular formula is C78H79NO12S4. The lowest BCUT2D eigenvalue weighted by Gasteiger charge is -2.49. The van der Waals surface area contributed by atoms with Crippen LogP contribution in [0.5, 0.6) is 28.7 Å². The third-order valence-corrected chi connectivity index (χ3v) is 28.2. The number of carbonyl (C=O) groups excluding carboxylic acids is 1. The van der Waals surface area contributed by atoms with Crippen LogP contribution in [0.1, 0.15) is 161 Å². The molecular weight excluding hydrogens is 1270 g/mol. The van der Waals surface area contributed by atoms with Gasteiger partial charge in [0.1, 0.15) is 40.1 Å². The molecule has 0 amide bonds. The molecule has 3 aliphatic carbocycles. The molecule has 14 aliphatic rings. The number of aliphatic hydroxyl groups is 4. The number of nitrogens with one attached hydrogen (secondary N) is 1. The Morgan fingerprint density at radius 1 is 0.747 bits per heavy atom. The summed E-state index contributed by atoms with van der Waals surface area (Å²) in [4.78, 5) is 30.8. The van der Waals surface area contributed by atoms with Crippen molar-refractivity contribution >= 4 is 70.7 Å². The van der Waals surface area contributed by atoms with E-state index < -0.39 is 52.0 Å². The van der Waals surface area contributed by atoms with E-state index >= 15 is 4.79 Å². The minimum Gasteiger partial charge on any atom is -0.508 e. The molecule has 12 unspecified atom stereocenters. The summed E-state index contributed by atoms with van der Waals surface area (Å²) in [6.07, 6.45) is 6.40. The number of benzene rings is 7. The molecule has 9 N–H and O–H groups in total. The molecule has 13 nitrogen and oxygen atoms in total. The van der Waals surface area contributed by atoms with Gasteiger partial charge in [-0.25, -0.2) is 0 Å². The van der Waals surface area contributed by atoms with Crippen molar-refractivity contribution in [1.29, 1.82) is 0 Å². The van der Waals surface area contributed by atoms with Gasteiger partial charge in [-0.05, 0) is 202 Å². The van der Waals surface area contributed by atoms with E-state index in [4.69, 9.17) is 9.15 Å². The van der Waals surface area contributed by atoms with Gasteiger partial charge in [-0.15, -0.1) is 0 Å². The predicted octanol–water partition coefficient (Wildman–Crippen LogP) is 14.4. The lowest BCUT2D eigenvalue weighted by molar-refractivity contribution is -0.119. The van der Waals surface area contributed by atoms with Gasteiger partial charge in [0, 0.05) is 65.5 Å². The second kappa shape index (κ2) is 25.2. The van der Waals surface area contributed by atoms with E-state index in [0.29, 0.717) is 107 Å². The van der Waals surface area contributed by atoms with E-state index in [1.165, 1.54) is 6.07 Å². The van der Waals surface area contributed by atoms with Crippen molar-refractivity contribution in [1.82, 2.24) is 5.32 Å². The number of allylic oxidation sites excluding steroid dienone is 2. The van der Waals surface area contributed by atoms with Crippen molar-refractivity contribution in [3.05, 3.63) is 192 Å². The normalized spacial score (nSPS) is 27.4. The zero-order chi connectivity index (χ0) is 65.3. The Labute approximate surface area is 568 Å². The number of ketones is 1. The SMILES string of the molecule is CC(C)Cc1cc2c3c(c1O)Cc1cccc(c1)C1NCC(Cc4cccc(c4)C4C=CC(C4=O)c4ccc(c(O)c4)CC45SSCCCC(O)C6CC(c7c(cc8c9c(ccc4c79)CC(CCCO)C8CCO)-c4c(O)cc7oc-2c(O)c(=O)c7c4O6)C5O)CC1SSC3. The Morgan fingerprint density at radius 2 is 1.54 bits per heavy atom. The number of phenolic OH excluding ortho intramolecular Hbond substituents is 3. The number of aliphatic hydroxyl groups excluding tert-OH is 4. The zero-order valence-electron chi connectivity index (χ0n) is 53.2. The van der Waals surface area contributed by atoms with Crippen LogP contribution in [0, 0.1) is 17.8 Å². The molecule has 95 heavy (non-hydrogen) atoms. The van der Waals surface area contributed by atoms with Crippen molar-refractivity contribution in [2.45, 2.75) is 155 Å². The van der Waals surface area contributed by atoms with E-state index in [9.17, 15) is 45.6 Å². The Bertz CT molecular complexity index is 4530. The number of piperidine rings is 1. The zero-order valence-corrected chi connectivity index (χ0v) is 56.5. The van der Waals surface area contributed by atoms with E-state index in [2.05, 4.69) is 73.8 Å². The quantitative estimate of drug-likeness (QED) is 0.0534. The van der Waals surface area contributed by atoms with Crippen LogP contribution in [0.25, 0.3) is 44.2 Å². The van der Waals surface area contributed by atoms with Gasteiger partial charge in [0.15, 0.2) is 11.5 Å². The Balaban J connectivity index is 0.967. The maximum Gasteiger partial charge on any atom is 0.238 e. The summed E-state index contributed by atoms with van der Waals surface area (Å²) in [5, 5.41) is 105. The molecule has 2 fully saturated rings. The van der Waals surface area contributed by atoms with Gasteiger partial charge in [-0.3, -0.25) is 9.59 Å². The molecule has 22 bridgehead atoms. The number of aromatic hydroxyl groups is 4. The van der Waals surface area contributed by atoms with Crippen molar-refractivity contribution in [2.75, 3.05) is 25.5 Å². The smallest absolute Gasteiger partial charge is 0.238 e. The van der Waals surface area contributed by atoms with Crippen LogP contribution < -0.4 is 15.5 Å². The lowest BCUT2D eigenvalue weighted by atomic mass is 9.62. The molecule has 0 radical (unpaired) electrons. The second-order valence-corrected chi connectivity index (χ2v) is 33.8. The van der Waals surface area contributed by atoms with Crippen LogP contribution in [-0.4, -0.2) is 95.7 Å². The molecule has 1 aromatic heterocycles. The summed E-state index contributed by atoms with van der Waals surface area (Å²) in [6, 6.07) is 32.1. The van der Waals surface area contributed by atoms with E-state index in [1.807, 2.05) is 42.5 Å². The van der Waals surface area contributed by atoms with E-state index in [1.54, 1.807) is 49.2 Å². The minimum atomic E-state index is -1.21. The Morgan fingerprint density at radius 3 is 2.34 bits per heavy atom. The summed E-state index contributed by atoms with van der Waals surface area (Å²) in [6.45, 7) is 4.81. The largest absolute Gasteiger partial charge is 0.508 e. The van der Waals surface area contributed by atoms with Crippen LogP contribution in [0.15, 0.2) is 118 Å². The molecule has 0 saturated carbocycles. The number of carbonyl (C=O) groups is 1. The Hall–Kier alpha value is -6.38. The summed E-state index contributed by atoms with van der Waals surface area (Å²) in [5.74, 6) is -1.76. The van der Waals surface area contributed by atoms with Crippen LogP contribution in [-0.2, 0) is 47.4 Å². The maximum absolute atomic E-state index is 16.0. The third kappa shape index (κ3) is 10.7. The van der Waals surface area contributed by atoms with Crippen molar-refractivity contribution in [2.24, 2.45) is 17.8 Å². The minimum absolute atomic E-state index is 0.00127. The number of hydrogen-bond donors (Lipinski definition) is 9. The summed E-state index contributed by atoms with van der Waals surface area (Å²) in [5.41, 5.74) is 11.2. The third-order valence-electron chi connectivity index (χ3n) is 22.2. The molecule has 12 heterocycles. The predicted molar refractivity (Wildman–Crippen MR) is 379 cm³/mol. The van der Waals surface area contributed by atoms with Crippen LogP contribution >= 0.6 is 43.2 Å². The van der Waals surface area contributed by atoms with Gasteiger partial charge >= 0.3 is 0 Å². The fraction of sp³-hybridized carbons (Fsp3) is 0.410. The Kier molecular flexibility index (Phi) is 16.8. The first-order chi connectivity index (χ1) is 46.1. The van der Waals surface area contributed by atoms with E-state index in [-0.39, 0.29) is 112 Å².